The molecule has 1 saturated carbocycles. The Morgan fingerprint density at radius 1 is 0.951 bits per heavy atom. The maximum atomic E-state index is 13.1. The highest BCUT2D eigenvalue weighted by molar-refractivity contribution is 7.07. The summed E-state index contributed by atoms with van der Waals surface area (Å²) >= 11 is 1.31. The van der Waals surface area contributed by atoms with Crippen molar-refractivity contribution in [1.82, 2.24) is 14.8 Å². The third-order valence-electron chi connectivity index (χ3n) is 7.71. The van der Waals surface area contributed by atoms with Gasteiger partial charge in [0.1, 0.15) is 5.75 Å². The summed E-state index contributed by atoms with van der Waals surface area (Å²) in [4.78, 5) is 21.1. The van der Waals surface area contributed by atoms with E-state index in [1.54, 1.807) is 21.9 Å². The van der Waals surface area contributed by atoms with Crippen molar-refractivity contribution in [3.05, 3.63) is 101 Å². The molecule has 1 aromatic heterocycles. The van der Waals surface area contributed by atoms with Gasteiger partial charge in [0.2, 0.25) is 5.88 Å². The Morgan fingerprint density at radius 3 is 2.37 bits per heavy atom. The highest BCUT2D eigenvalue weighted by atomic mass is 32.1. The van der Waals surface area contributed by atoms with Crippen LogP contribution in [0.1, 0.15) is 11.1 Å². The first kappa shape index (κ1) is 27.3. The van der Waals surface area contributed by atoms with Crippen LogP contribution in [0.4, 0.5) is 18.0 Å². The molecule has 6 rings (SSSR count). The molecular weight excluding hydrogens is 551 g/mol. The summed E-state index contributed by atoms with van der Waals surface area (Å²) in [6, 6.07) is 24.7. The zero-order valence-electron chi connectivity index (χ0n) is 22.0. The van der Waals surface area contributed by atoms with Gasteiger partial charge in [-0.1, -0.05) is 66.7 Å². The fourth-order valence-electron chi connectivity index (χ4n) is 5.75. The monoisotopic (exact) mass is 579 g/mol. The van der Waals surface area contributed by atoms with Gasteiger partial charge in [-0.3, -0.25) is 4.90 Å². The summed E-state index contributed by atoms with van der Waals surface area (Å²) < 4.78 is 47.7. The van der Waals surface area contributed by atoms with Gasteiger partial charge in [0, 0.05) is 32.7 Å². The van der Waals surface area contributed by atoms with E-state index in [4.69, 9.17) is 4.74 Å². The van der Waals surface area contributed by atoms with Gasteiger partial charge in [-0.15, -0.1) is 24.5 Å². The van der Waals surface area contributed by atoms with Crippen molar-refractivity contribution >= 4 is 17.4 Å². The molecule has 2 atom stereocenters. The SMILES string of the molecule is O=C(Oc1cscn1)N(Cc1cccc(OC(F)(F)F)c1)CC1C2CN(Cc3ccc(-c4ccccc4)cc3)CC21. The average molecular weight is 580 g/mol. The zero-order chi connectivity index (χ0) is 28.4. The third-order valence-corrected chi connectivity index (χ3v) is 8.28. The highest BCUT2D eigenvalue weighted by Crippen LogP contribution is 2.52. The van der Waals surface area contributed by atoms with Gasteiger partial charge in [-0.2, -0.15) is 0 Å². The van der Waals surface area contributed by atoms with Crippen LogP contribution in [0.25, 0.3) is 11.1 Å². The summed E-state index contributed by atoms with van der Waals surface area (Å²) in [5, 5.41) is 1.63. The molecule has 3 aromatic carbocycles. The number of carbonyl (C=O) groups is 1. The number of rotatable bonds is 9. The number of thiazole rings is 1. The first-order valence-corrected chi connectivity index (χ1v) is 14.3. The zero-order valence-corrected chi connectivity index (χ0v) is 22.9. The van der Waals surface area contributed by atoms with Crippen LogP contribution in [0.2, 0.25) is 0 Å². The number of alkyl halides is 3. The van der Waals surface area contributed by atoms with Gasteiger partial charge in [0.05, 0.1) is 10.9 Å². The van der Waals surface area contributed by atoms with E-state index in [1.165, 1.54) is 46.2 Å². The van der Waals surface area contributed by atoms with Gasteiger partial charge >= 0.3 is 12.5 Å². The lowest BCUT2D eigenvalue weighted by molar-refractivity contribution is -0.274. The van der Waals surface area contributed by atoms with E-state index in [0.717, 1.165) is 19.6 Å². The van der Waals surface area contributed by atoms with Crippen LogP contribution in [0.15, 0.2) is 89.8 Å². The second-order valence-electron chi connectivity index (χ2n) is 10.5. The van der Waals surface area contributed by atoms with Crippen molar-refractivity contribution in [1.29, 1.82) is 0 Å². The molecule has 1 saturated heterocycles. The molecule has 4 aromatic rings. The topological polar surface area (TPSA) is 54.9 Å². The van der Waals surface area contributed by atoms with E-state index in [1.807, 2.05) is 18.2 Å². The molecular formula is C31H28F3N3O3S. The predicted molar refractivity (Wildman–Crippen MR) is 149 cm³/mol. The Labute approximate surface area is 240 Å². The molecule has 10 heteroatoms. The second kappa shape index (κ2) is 11.5. The minimum absolute atomic E-state index is 0.103. The summed E-state index contributed by atoms with van der Waals surface area (Å²) in [5.74, 6) is 1.13. The van der Waals surface area contributed by atoms with E-state index in [-0.39, 0.29) is 18.2 Å². The highest BCUT2D eigenvalue weighted by Gasteiger charge is 2.56. The van der Waals surface area contributed by atoms with Crippen LogP contribution in [0.5, 0.6) is 11.6 Å². The van der Waals surface area contributed by atoms with Gasteiger partial charge in [0.15, 0.2) is 0 Å². The number of piperidine rings is 1. The standard InChI is InChI=1S/C31H28F3N3O3S/c32-31(33,34)40-25-8-4-5-22(13-25)15-37(30(38)39-29-19-41-20-35-29)18-28-26-16-36(17-27(26)28)14-21-9-11-24(12-10-21)23-6-2-1-3-7-23/h1-13,19-20,26-28H,14-18H2. The number of hydrogen-bond acceptors (Lipinski definition) is 6. The minimum Gasteiger partial charge on any atom is -0.406 e. The molecule has 0 radical (unpaired) electrons. The fraction of sp³-hybridized carbons (Fsp3) is 0.290. The lowest BCUT2D eigenvalue weighted by Crippen LogP contribution is -2.36. The van der Waals surface area contributed by atoms with Gasteiger partial charge in [0.25, 0.3) is 0 Å². The number of benzene rings is 3. The summed E-state index contributed by atoms with van der Waals surface area (Å²) in [7, 11) is 0. The van der Waals surface area contributed by atoms with Crippen molar-refractivity contribution in [2.24, 2.45) is 17.8 Å². The number of fused-ring (bicyclic) bond motifs is 1. The number of aromatic nitrogens is 1. The second-order valence-corrected chi connectivity index (χ2v) is 11.2. The Morgan fingerprint density at radius 2 is 1.68 bits per heavy atom. The number of hydrogen-bond donors (Lipinski definition) is 0. The largest absolute Gasteiger partial charge is 0.573 e. The van der Waals surface area contributed by atoms with Crippen LogP contribution in [-0.4, -0.2) is 46.9 Å². The smallest absolute Gasteiger partial charge is 0.406 e. The van der Waals surface area contributed by atoms with Gasteiger partial charge < -0.3 is 14.4 Å². The van der Waals surface area contributed by atoms with Gasteiger partial charge in [-0.05, 0) is 52.1 Å². The molecule has 2 unspecified atom stereocenters. The maximum Gasteiger partial charge on any atom is 0.573 e. The number of carbonyl (C=O) groups excluding carboxylic acids is 1. The number of ether oxygens (including phenoxy) is 2. The Kier molecular flexibility index (Phi) is 7.68. The average Bonchev–Trinajstić information content (AvgIpc) is 3.30. The van der Waals surface area contributed by atoms with Crippen LogP contribution in [0, 0.1) is 17.8 Å². The molecule has 2 fully saturated rings. The summed E-state index contributed by atoms with van der Waals surface area (Å²) in [6.07, 6.45) is -5.36. The van der Waals surface area contributed by atoms with E-state index in [9.17, 15) is 18.0 Å². The van der Waals surface area contributed by atoms with Crippen LogP contribution < -0.4 is 9.47 Å². The van der Waals surface area contributed by atoms with E-state index >= 15 is 0 Å². The number of nitrogens with zero attached hydrogens (tertiary/aromatic N) is 3. The predicted octanol–water partition coefficient (Wildman–Crippen LogP) is 7.09. The molecule has 1 amide bonds. The fourth-order valence-corrected chi connectivity index (χ4v) is 6.20. The number of likely N-dealkylation sites (tertiary alicyclic amines) is 1. The van der Waals surface area contributed by atoms with Crippen LogP contribution in [0.3, 0.4) is 0 Å². The van der Waals surface area contributed by atoms with E-state index in [2.05, 4.69) is 51.0 Å². The summed E-state index contributed by atoms with van der Waals surface area (Å²) in [6.45, 7) is 3.32. The van der Waals surface area contributed by atoms with Crippen molar-refractivity contribution in [2.45, 2.75) is 19.5 Å². The molecule has 6 nitrogen and oxygen atoms in total. The van der Waals surface area contributed by atoms with Crippen LogP contribution >= 0.6 is 11.3 Å². The maximum absolute atomic E-state index is 13.1. The first-order chi connectivity index (χ1) is 19.8. The van der Waals surface area contributed by atoms with Crippen molar-refractivity contribution < 1.29 is 27.4 Å². The quantitative estimate of drug-likeness (QED) is 0.212. The number of amides is 1. The van der Waals surface area contributed by atoms with E-state index < -0.39 is 12.5 Å². The molecule has 2 heterocycles. The minimum atomic E-state index is -4.79. The lowest BCUT2D eigenvalue weighted by Gasteiger charge is -2.25. The molecule has 1 aliphatic carbocycles. The van der Waals surface area contributed by atoms with Crippen molar-refractivity contribution in [2.75, 3.05) is 19.6 Å². The first-order valence-electron chi connectivity index (χ1n) is 13.4. The molecule has 2 aliphatic rings. The molecule has 0 N–H and O–H groups in total. The Balaban J connectivity index is 1.07. The molecule has 0 spiro atoms. The van der Waals surface area contributed by atoms with Crippen molar-refractivity contribution in [3.8, 4) is 22.8 Å². The third kappa shape index (κ3) is 6.89. The Hall–Kier alpha value is -3.89. The molecule has 0 bridgehead atoms. The number of halogens is 3. The normalized spacial score (nSPS) is 19.9. The summed E-state index contributed by atoms with van der Waals surface area (Å²) in [5.41, 5.74) is 5.74. The van der Waals surface area contributed by atoms with Crippen molar-refractivity contribution in [3.63, 3.8) is 0 Å². The van der Waals surface area contributed by atoms with E-state index in [0.29, 0.717) is 29.9 Å². The molecule has 1 aliphatic heterocycles. The molecule has 212 valence electrons. The van der Waals surface area contributed by atoms with Crippen LogP contribution in [-0.2, 0) is 13.1 Å². The van der Waals surface area contributed by atoms with Gasteiger partial charge in [-0.25, -0.2) is 9.78 Å². The molecule has 41 heavy (non-hydrogen) atoms. The Bertz CT molecular complexity index is 1450. The lowest BCUT2D eigenvalue weighted by atomic mass is 10.0.